The fourth-order valence-corrected chi connectivity index (χ4v) is 8.24. The lowest BCUT2D eigenvalue weighted by Gasteiger charge is -2.64. The minimum Gasteiger partial charge on any atom is -0.404 e. The highest BCUT2D eigenvalue weighted by Gasteiger charge is 2.68. The van der Waals surface area contributed by atoms with Gasteiger partial charge in [0.05, 0.1) is 17.6 Å². The predicted molar refractivity (Wildman–Crippen MR) is 164 cm³/mol. The summed E-state index contributed by atoms with van der Waals surface area (Å²) in [6, 6.07) is 10.8. The summed E-state index contributed by atoms with van der Waals surface area (Å²) in [5.74, 6) is 0.563. The van der Waals surface area contributed by atoms with E-state index in [1.54, 1.807) is 24.5 Å². The van der Waals surface area contributed by atoms with Crippen molar-refractivity contribution >= 4 is 24.6 Å². The van der Waals surface area contributed by atoms with Gasteiger partial charge >= 0.3 is 7.12 Å². The Morgan fingerprint density at radius 3 is 2.52 bits per heavy atom. The molecule has 9 heteroatoms. The molecule has 5 aliphatic rings. The van der Waals surface area contributed by atoms with Crippen LogP contribution in [0.25, 0.3) is 0 Å². The molecule has 2 amide bonds. The number of pyridine rings is 1. The highest BCUT2D eigenvalue weighted by Crippen LogP contribution is 2.65. The van der Waals surface area contributed by atoms with Crippen LogP contribution in [0.5, 0.6) is 0 Å². The Balaban J connectivity index is 1.24. The number of rotatable bonds is 9. The van der Waals surface area contributed by atoms with Gasteiger partial charge in [0.1, 0.15) is 6.04 Å². The van der Waals surface area contributed by atoms with Crippen molar-refractivity contribution in [2.24, 2.45) is 23.2 Å². The van der Waals surface area contributed by atoms with Gasteiger partial charge in [0, 0.05) is 35.6 Å². The molecule has 42 heavy (non-hydrogen) atoms. The number of benzene rings is 1. The molecule has 3 aliphatic carbocycles. The second-order valence-corrected chi connectivity index (χ2v) is 14.5. The quantitative estimate of drug-likeness (QED) is 0.375. The van der Waals surface area contributed by atoms with Crippen molar-refractivity contribution in [3.05, 3.63) is 59.9 Å². The van der Waals surface area contributed by atoms with Gasteiger partial charge in [-0.3, -0.25) is 14.6 Å². The van der Waals surface area contributed by atoms with Gasteiger partial charge in [0.15, 0.2) is 0 Å². The Morgan fingerprint density at radius 1 is 1.07 bits per heavy atom. The number of nitrogens with zero attached hydrogens (tertiary/aromatic N) is 1. The van der Waals surface area contributed by atoms with Gasteiger partial charge in [-0.1, -0.05) is 52.8 Å². The standard InChI is InChI=1S/C33H45BN4O4/c1-20(2)15-28(34-41-27-17-22-16-26(31(22,3)4)33(27,6)42-34)38-30(40)25(37-29(39)21-11-13-35-14-12-21)18-32(5)19-36-24-10-8-7-9-23(24)32/h7-14,20,22,25-28,36H,15-19H2,1-6H3,(H,37,39)(H,38,40)/t22-,25-,26-,27+,28-,32?,33-/m0/s1. The second-order valence-electron chi connectivity index (χ2n) is 14.5. The first-order valence-electron chi connectivity index (χ1n) is 15.6. The number of aromatic nitrogens is 1. The lowest BCUT2D eigenvalue weighted by molar-refractivity contribution is -0.199. The summed E-state index contributed by atoms with van der Waals surface area (Å²) < 4.78 is 13.4. The van der Waals surface area contributed by atoms with Crippen molar-refractivity contribution < 1.29 is 18.9 Å². The Bertz CT molecular complexity index is 1340. The molecule has 1 saturated heterocycles. The zero-order chi connectivity index (χ0) is 29.9. The average Bonchev–Trinajstić information content (AvgIpc) is 3.49. The van der Waals surface area contributed by atoms with E-state index >= 15 is 0 Å². The molecule has 3 heterocycles. The summed E-state index contributed by atoms with van der Waals surface area (Å²) in [4.78, 5) is 31.6. The summed E-state index contributed by atoms with van der Waals surface area (Å²) in [5, 5.41) is 9.85. The molecule has 2 bridgehead atoms. The number of amides is 2. The summed E-state index contributed by atoms with van der Waals surface area (Å²) in [5.41, 5.74) is 2.24. The van der Waals surface area contributed by atoms with Crippen LogP contribution in [0.2, 0.25) is 0 Å². The normalized spacial score (nSPS) is 31.8. The SMILES string of the molecule is CC(C)C[C@H](NC(=O)[C@H](CC1(C)CNc2ccccc21)NC(=O)c1ccncc1)B1O[C@@H]2C[C@@H]3C[C@@H](C3(C)C)[C@]2(C)O1. The maximum Gasteiger partial charge on any atom is 0.481 e. The van der Waals surface area contributed by atoms with Crippen molar-refractivity contribution in [1.82, 2.24) is 15.6 Å². The van der Waals surface area contributed by atoms with Gasteiger partial charge in [0.2, 0.25) is 5.91 Å². The fourth-order valence-electron chi connectivity index (χ4n) is 8.24. The molecule has 224 valence electrons. The highest BCUT2D eigenvalue weighted by atomic mass is 16.7. The molecular formula is C33H45BN4O4. The van der Waals surface area contributed by atoms with Crippen molar-refractivity contribution in [3.63, 3.8) is 0 Å². The van der Waals surface area contributed by atoms with Crippen LogP contribution in [-0.2, 0) is 19.5 Å². The molecule has 2 aromatic rings. The Kier molecular flexibility index (Phi) is 7.41. The molecule has 4 fully saturated rings. The number of anilines is 1. The van der Waals surface area contributed by atoms with E-state index in [1.807, 2.05) is 12.1 Å². The number of para-hydroxylation sites is 1. The molecule has 2 aliphatic heterocycles. The van der Waals surface area contributed by atoms with E-state index in [0.29, 0.717) is 42.7 Å². The van der Waals surface area contributed by atoms with E-state index in [4.69, 9.17) is 9.31 Å². The first-order chi connectivity index (χ1) is 19.9. The zero-order valence-electron chi connectivity index (χ0n) is 25.8. The van der Waals surface area contributed by atoms with Crippen molar-refractivity contribution in [2.75, 3.05) is 11.9 Å². The minimum atomic E-state index is -0.760. The van der Waals surface area contributed by atoms with Crippen LogP contribution >= 0.6 is 0 Å². The minimum absolute atomic E-state index is 0.0352. The summed E-state index contributed by atoms with van der Waals surface area (Å²) >= 11 is 0. The van der Waals surface area contributed by atoms with Gasteiger partial charge in [-0.25, -0.2) is 0 Å². The third kappa shape index (κ3) is 5.02. The van der Waals surface area contributed by atoms with Gasteiger partial charge < -0.3 is 25.3 Å². The van der Waals surface area contributed by atoms with E-state index in [2.05, 4.69) is 74.6 Å². The van der Waals surface area contributed by atoms with Crippen LogP contribution in [0.1, 0.15) is 83.1 Å². The smallest absolute Gasteiger partial charge is 0.404 e. The largest absolute Gasteiger partial charge is 0.481 e. The molecule has 3 saturated carbocycles. The van der Waals surface area contributed by atoms with Gasteiger partial charge in [-0.15, -0.1) is 0 Å². The molecule has 0 radical (unpaired) electrons. The molecule has 3 N–H and O–H groups in total. The van der Waals surface area contributed by atoms with Crippen LogP contribution in [0.15, 0.2) is 48.8 Å². The Morgan fingerprint density at radius 2 is 1.81 bits per heavy atom. The van der Waals surface area contributed by atoms with E-state index in [0.717, 1.165) is 17.7 Å². The molecule has 7 rings (SSSR count). The number of carbonyl (C=O) groups excluding carboxylic acids is 2. The number of hydrogen-bond donors (Lipinski definition) is 3. The highest BCUT2D eigenvalue weighted by molar-refractivity contribution is 6.48. The number of carbonyl (C=O) groups is 2. The molecule has 7 atom stereocenters. The van der Waals surface area contributed by atoms with Crippen molar-refractivity contribution in [2.45, 2.75) is 96.3 Å². The summed E-state index contributed by atoms with van der Waals surface area (Å²) in [6.45, 7) is 14.0. The zero-order valence-corrected chi connectivity index (χ0v) is 25.8. The molecule has 8 nitrogen and oxygen atoms in total. The van der Waals surface area contributed by atoms with Gasteiger partial charge in [-0.2, -0.15) is 0 Å². The molecule has 0 spiro atoms. The maximum atomic E-state index is 14.2. The number of hydrogen-bond acceptors (Lipinski definition) is 6. The third-order valence-electron chi connectivity index (χ3n) is 10.8. The first-order valence-corrected chi connectivity index (χ1v) is 15.6. The topological polar surface area (TPSA) is 102 Å². The lowest BCUT2D eigenvalue weighted by Crippen LogP contribution is -2.65. The third-order valence-corrected chi connectivity index (χ3v) is 10.8. The number of nitrogens with one attached hydrogen (secondary N) is 3. The summed E-state index contributed by atoms with van der Waals surface area (Å²) in [7, 11) is -0.525. The molecular weight excluding hydrogens is 527 g/mol. The van der Waals surface area contributed by atoms with Crippen LogP contribution in [0.3, 0.4) is 0 Å². The predicted octanol–water partition coefficient (Wildman–Crippen LogP) is 4.75. The fraction of sp³-hybridized carbons (Fsp3) is 0.606. The van der Waals surface area contributed by atoms with E-state index in [9.17, 15) is 9.59 Å². The maximum absolute atomic E-state index is 14.2. The average molecular weight is 573 g/mol. The van der Waals surface area contributed by atoms with Crippen LogP contribution in [-0.4, -0.2) is 54.1 Å². The number of fused-ring (bicyclic) bond motifs is 1. The van der Waals surface area contributed by atoms with E-state index in [1.165, 1.54) is 6.42 Å². The van der Waals surface area contributed by atoms with Gasteiger partial charge in [-0.05, 0) is 79.5 Å². The molecule has 1 aromatic carbocycles. The van der Waals surface area contributed by atoms with E-state index < -0.39 is 13.2 Å². The Hall–Kier alpha value is -2.91. The monoisotopic (exact) mass is 572 g/mol. The van der Waals surface area contributed by atoms with Crippen LogP contribution in [0.4, 0.5) is 5.69 Å². The summed E-state index contributed by atoms with van der Waals surface area (Å²) in [6.07, 6.45) is 6.53. The van der Waals surface area contributed by atoms with E-state index in [-0.39, 0.29) is 40.3 Å². The first kappa shape index (κ1) is 29.2. The van der Waals surface area contributed by atoms with Crippen LogP contribution in [0, 0.1) is 23.2 Å². The molecule has 1 aromatic heterocycles. The Labute approximate surface area is 250 Å². The molecule has 1 unspecified atom stereocenters. The van der Waals surface area contributed by atoms with Crippen LogP contribution < -0.4 is 16.0 Å². The second kappa shape index (κ2) is 10.7. The van der Waals surface area contributed by atoms with Gasteiger partial charge in [0.25, 0.3) is 5.91 Å². The van der Waals surface area contributed by atoms with Crippen molar-refractivity contribution in [1.29, 1.82) is 0 Å². The lowest BCUT2D eigenvalue weighted by atomic mass is 9.43. The van der Waals surface area contributed by atoms with Crippen molar-refractivity contribution in [3.8, 4) is 0 Å².